The molecule has 7 nitrogen and oxygen atoms in total. The summed E-state index contributed by atoms with van der Waals surface area (Å²) in [5.74, 6) is -0.427. The molecule has 1 aromatic heterocycles. The smallest absolute Gasteiger partial charge is 0.269 e. The highest BCUT2D eigenvalue weighted by molar-refractivity contribution is 5.95. The summed E-state index contributed by atoms with van der Waals surface area (Å²) >= 11 is 0. The van der Waals surface area contributed by atoms with E-state index in [1.54, 1.807) is 10.7 Å². The van der Waals surface area contributed by atoms with Gasteiger partial charge >= 0.3 is 0 Å². The van der Waals surface area contributed by atoms with E-state index in [0.29, 0.717) is 18.8 Å². The highest BCUT2D eigenvalue weighted by atomic mass is 16.2. The van der Waals surface area contributed by atoms with Gasteiger partial charge in [0.25, 0.3) is 5.91 Å². The number of hydrogen-bond donors (Lipinski definition) is 2. The van der Waals surface area contributed by atoms with Crippen LogP contribution in [0.15, 0.2) is 6.07 Å². The number of carbonyl (C=O) groups is 2. The van der Waals surface area contributed by atoms with Gasteiger partial charge in [-0.2, -0.15) is 5.10 Å². The van der Waals surface area contributed by atoms with Crippen molar-refractivity contribution in [2.75, 3.05) is 32.7 Å². The molecule has 7 heteroatoms. The average molecular weight is 307 g/mol. The van der Waals surface area contributed by atoms with Gasteiger partial charge in [0.1, 0.15) is 5.69 Å². The van der Waals surface area contributed by atoms with Crippen molar-refractivity contribution in [2.45, 2.75) is 33.2 Å². The van der Waals surface area contributed by atoms with Gasteiger partial charge in [-0.05, 0) is 45.8 Å². The standard InChI is InChI=1S/C15H25N5O2/c1-3-20-13(10-12(2)18-20)15(22)17-11-14(21)16-6-9-19-7-4-5-8-19/h10H,3-9,11H2,1-2H3,(H,16,21)(H,17,22). The predicted molar refractivity (Wildman–Crippen MR) is 83.7 cm³/mol. The van der Waals surface area contributed by atoms with Crippen molar-refractivity contribution in [1.82, 2.24) is 25.3 Å². The Morgan fingerprint density at radius 2 is 2.00 bits per heavy atom. The lowest BCUT2D eigenvalue weighted by Crippen LogP contribution is -2.40. The molecular formula is C15H25N5O2. The van der Waals surface area contributed by atoms with Crippen molar-refractivity contribution in [1.29, 1.82) is 0 Å². The van der Waals surface area contributed by atoms with Crippen LogP contribution in [0, 0.1) is 6.92 Å². The lowest BCUT2D eigenvalue weighted by Gasteiger charge is -2.14. The monoisotopic (exact) mass is 307 g/mol. The molecule has 1 aliphatic heterocycles. The molecule has 1 saturated heterocycles. The Morgan fingerprint density at radius 1 is 1.27 bits per heavy atom. The van der Waals surface area contributed by atoms with Crippen LogP contribution in [0.2, 0.25) is 0 Å². The molecule has 0 bridgehead atoms. The first-order valence-electron chi connectivity index (χ1n) is 7.92. The molecule has 1 fully saturated rings. The second kappa shape index (κ2) is 7.93. The molecule has 0 atom stereocenters. The zero-order valence-corrected chi connectivity index (χ0v) is 13.4. The Balaban J connectivity index is 1.69. The third kappa shape index (κ3) is 4.56. The lowest BCUT2D eigenvalue weighted by molar-refractivity contribution is -0.120. The number of aromatic nitrogens is 2. The first-order chi connectivity index (χ1) is 10.6. The summed E-state index contributed by atoms with van der Waals surface area (Å²) in [6.45, 7) is 8.12. The molecular weight excluding hydrogens is 282 g/mol. The van der Waals surface area contributed by atoms with E-state index < -0.39 is 0 Å². The van der Waals surface area contributed by atoms with Gasteiger partial charge in [-0.3, -0.25) is 14.3 Å². The minimum Gasteiger partial charge on any atom is -0.353 e. The summed E-state index contributed by atoms with van der Waals surface area (Å²) in [5, 5.41) is 9.69. The predicted octanol–water partition coefficient (Wildman–Crippen LogP) is 0.153. The van der Waals surface area contributed by atoms with Crippen molar-refractivity contribution in [3.63, 3.8) is 0 Å². The highest BCUT2D eigenvalue weighted by Crippen LogP contribution is 2.05. The highest BCUT2D eigenvalue weighted by Gasteiger charge is 2.14. The number of nitrogens with one attached hydrogen (secondary N) is 2. The van der Waals surface area contributed by atoms with Crippen LogP contribution in [0.5, 0.6) is 0 Å². The number of aryl methyl sites for hydroxylation is 2. The van der Waals surface area contributed by atoms with Crippen molar-refractivity contribution >= 4 is 11.8 Å². The summed E-state index contributed by atoms with van der Waals surface area (Å²) in [7, 11) is 0. The van der Waals surface area contributed by atoms with Crippen LogP contribution in [-0.4, -0.2) is 59.2 Å². The van der Waals surface area contributed by atoms with Gasteiger partial charge in [0, 0.05) is 19.6 Å². The zero-order valence-electron chi connectivity index (χ0n) is 13.4. The Kier molecular flexibility index (Phi) is 5.94. The molecule has 0 spiro atoms. The van der Waals surface area contributed by atoms with E-state index in [0.717, 1.165) is 25.3 Å². The van der Waals surface area contributed by atoms with Crippen LogP contribution >= 0.6 is 0 Å². The SMILES string of the molecule is CCn1nc(C)cc1C(=O)NCC(=O)NCCN1CCCC1. The largest absolute Gasteiger partial charge is 0.353 e. The summed E-state index contributed by atoms with van der Waals surface area (Å²) in [6.07, 6.45) is 2.49. The number of likely N-dealkylation sites (tertiary alicyclic amines) is 1. The number of carbonyl (C=O) groups excluding carboxylic acids is 2. The molecule has 0 aliphatic carbocycles. The number of nitrogens with zero attached hydrogens (tertiary/aromatic N) is 3. The minimum absolute atomic E-state index is 0.00717. The third-order valence-electron chi connectivity index (χ3n) is 3.79. The topological polar surface area (TPSA) is 79.3 Å². The molecule has 0 saturated carbocycles. The van der Waals surface area contributed by atoms with Crippen LogP contribution in [-0.2, 0) is 11.3 Å². The van der Waals surface area contributed by atoms with Crippen molar-refractivity contribution in [2.24, 2.45) is 0 Å². The van der Waals surface area contributed by atoms with Crippen LogP contribution in [0.25, 0.3) is 0 Å². The van der Waals surface area contributed by atoms with E-state index in [-0.39, 0.29) is 18.4 Å². The van der Waals surface area contributed by atoms with Gasteiger partial charge < -0.3 is 15.5 Å². The van der Waals surface area contributed by atoms with Crippen molar-refractivity contribution < 1.29 is 9.59 Å². The molecule has 2 amide bonds. The molecule has 0 aromatic carbocycles. The normalized spacial score (nSPS) is 15.0. The summed E-state index contributed by atoms with van der Waals surface area (Å²) < 4.78 is 1.63. The van der Waals surface area contributed by atoms with Crippen LogP contribution in [0.3, 0.4) is 0 Å². The molecule has 2 rings (SSSR count). The maximum atomic E-state index is 12.1. The van der Waals surface area contributed by atoms with Crippen LogP contribution in [0.4, 0.5) is 0 Å². The fourth-order valence-corrected chi connectivity index (χ4v) is 2.64. The van der Waals surface area contributed by atoms with E-state index in [1.165, 1.54) is 12.8 Å². The van der Waals surface area contributed by atoms with E-state index in [2.05, 4.69) is 20.6 Å². The van der Waals surface area contributed by atoms with E-state index in [9.17, 15) is 9.59 Å². The molecule has 1 aromatic rings. The second-order valence-corrected chi connectivity index (χ2v) is 5.57. The van der Waals surface area contributed by atoms with Crippen molar-refractivity contribution in [3.8, 4) is 0 Å². The fourth-order valence-electron chi connectivity index (χ4n) is 2.64. The molecule has 0 radical (unpaired) electrons. The van der Waals surface area contributed by atoms with Crippen LogP contribution < -0.4 is 10.6 Å². The first kappa shape index (κ1) is 16.5. The molecule has 2 heterocycles. The Morgan fingerprint density at radius 3 is 2.68 bits per heavy atom. The summed E-state index contributed by atoms with van der Waals surface area (Å²) in [6, 6.07) is 1.73. The fraction of sp³-hybridized carbons (Fsp3) is 0.667. The van der Waals surface area contributed by atoms with Gasteiger partial charge in [-0.25, -0.2) is 0 Å². The van der Waals surface area contributed by atoms with Gasteiger partial charge in [0.15, 0.2) is 0 Å². The van der Waals surface area contributed by atoms with E-state index >= 15 is 0 Å². The first-order valence-corrected chi connectivity index (χ1v) is 7.92. The number of hydrogen-bond acceptors (Lipinski definition) is 4. The average Bonchev–Trinajstić information content (AvgIpc) is 3.14. The number of amides is 2. The Bertz CT molecular complexity index is 520. The van der Waals surface area contributed by atoms with Crippen LogP contribution in [0.1, 0.15) is 35.9 Å². The zero-order chi connectivity index (χ0) is 15.9. The summed E-state index contributed by atoms with van der Waals surface area (Å²) in [4.78, 5) is 26.1. The maximum Gasteiger partial charge on any atom is 0.269 e. The maximum absolute atomic E-state index is 12.1. The molecule has 0 unspecified atom stereocenters. The molecule has 1 aliphatic rings. The van der Waals surface area contributed by atoms with E-state index in [1.807, 2.05) is 13.8 Å². The Hall–Kier alpha value is -1.89. The molecule has 2 N–H and O–H groups in total. The summed E-state index contributed by atoms with van der Waals surface area (Å²) in [5.41, 5.74) is 1.28. The molecule has 22 heavy (non-hydrogen) atoms. The van der Waals surface area contributed by atoms with E-state index in [4.69, 9.17) is 0 Å². The Labute approximate surface area is 131 Å². The molecule has 122 valence electrons. The third-order valence-corrected chi connectivity index (χ3v) is 3.79. The number of rotatable bonds is 7. The van der Waals surface area contributed by atoms with Gasteiger partial charge in [-0.1, -0.05) is 0 Å². The lowest BCUT2D eigenvalue weighted by atomic mass is 10.3. The van der Waals surface area contributed by atoms with Gasteiger partial charge in [-0.15, -0.1) is 0 Å². The quantitative estimate of drug-likeness (QED) is 0.752. The van der Waals surface area contributed by atoms with Gasteiger partial charge in [0.05, 0.1) is 12.2 Å². The second-order valence-electron chi connectivity index (χ2n) is 5.57. The van der Waals surface area contributed by atoms with Gasteiger partial charge in [0.2, 0.25) is 5.91 Å². The van der Waals surface area contributed by atoms with Crippen molar-refractivity contribution in [3.05, 3.63) is 17.5 Å². The minimum atomic E-state index is -0.267.